The van der Waals surface area contributed by atoms with E-state index in [2.05, 4.69) is 6.07 Å². The maximum atomic E-state index is 11.7. The predicted octanol–water partition coefficient (Wildman–Crippen LogP) is 2.21. The number of carbonyl (C=O) groups excluding carboxylic acids is 1. The maximum absolute atomic E-state index is 11.7. The Labute approximate surface area is 99.2 Å². The molecule has 1 saturated heterocycles. The molecule has 1 amide bonds. The molecule has 1 aliphatic heterocycles. The highest BCUT2D eigenvalue weighted by molar-refractivity contribution is 6.24. The summed E-state index contributed by atoms with van der Waals surface area (Å²) < 4.78 is 0. The number of hydrogen-bond donors (Lipinski definition) is 0. The van der Waals surface area contributed by atoms with Crippen LogP contribution in [0, 0.1) is 18.3 Å². The fourth-order valence-electron chi connectivity index (χ4n) is 1.86. The van der Waals surface area contributed by atoms with Crippen LogP contribution in [0.15, 0.2) is 18.2 Å². The van der Waals surface area contributed by atoms with Crippen LogP contribution in [0.25, 0.3) is 0 Å². The molecular formula is C12H11ClN2O. The van der Waals surface area contributed by atoms with E-state index in [4.69, 9.17) is 16.9 Å². The molecule has 2 rings (SSSR count). The molecule has 3 nitrogen and oxygen atoms in total. The van der Waals surface area contributed by atoms with Crippen molar-refractivity contribution < 1.29 is 4.79 Å². The van der Waals surface area contributed by atoms with E-state index in [-0.39, 0.29) is 11.3 Å². The summed E-state index contributed by atoms with van der Waals surface area (Å²) in [6, 6.07) is 7.55. The Bertz CT molecular complexity index is 478. The topological polar surface area (TPSA) is 44.1 Å². The van der Waals surface area contributed by atoms with Crippen LogP contribution in [-0.2, 0) is 4.79 Å². The van der Waals surface area contributed by atoms with E-state index in [1.807, 2.05) is 19.1 Å². The van der Waals surface area contributed by atoms with Crippen LogP contribution in [-0.4, -0.2) is 17.8 Å². The number of halogens is 1. The molecule has 1 aliphatic rings. The largest absolute Gasteiger partial charge is 0.310 e. The summed E-state index contributed by atoms with van der Waals surface area (Å²) in [7, 11) is 0. The van der Waals surface area contributed by atoms with Gasteiger partial charge in [-0.3, -0.25) is 4.79 Å². The first-order valence-corrected chi connectivity index (χ1v) is 5.50. The lowest BCUT2D eigenvalue weighted by molar-refractivity contribution is -0.117. The SMILES string of the molecule is Cc1ccc(C#N)c(N2CC(Cl)CC2=O)c1. The van der Waals surface area contributed by atoms with Gasteiger partial charge in [-0.15, -0.1) is 11.6 Å². The molecule has 1 fully saturated rings. The third-order valence-electron chi connectivity index (χ3n) is 2.64. The van der Waals surface area contributed by atoms with Crippen molar-refractivity contribution in [3.8, 4) is 6.07 Å². The second-order valence-electron chi connectivity index (χ2n) is 3.94. The smallest absolute Gasteiger partial charge is 0.228 e. The van der Waals surface area contributed by atoms with Crippen molar-refractivity contribution in [3.05, 3.63) is 29.3 Å². The third kappa shape index (κ3) is 1.89. The number of anilines is 1. The number of benzene rings is 1. The first-order valence-electron chi connectivity index (χ1n) is 5.07. The van der Waals surface area contributed by atoms with Crippen LogP contribution in [0.3, 0.4) is 0 Å². The summed E-state index contributed by atoms with van der Waals surface area (Å²) in [5, 5.41) is 8.85. The Kier molecular flexibility index (Phi) is 2.84. The summed E-state index contributed by atoms with van der Waals surface area (Å²) in [6.07, 6.45) is 0.348. The zero-order valence-corrected chi connectivity index (χ0v) is 9.66. The number of hydrogen-bond acceptors (Lipinski definition) is 2. The lowest BCUT2D eigenvalue weighted by Crippen LogP contribution is -2.25. The van der Waals surface area contributed by atoms with Crippen molar-refractivity contribution in [2.75, 3.05) is 11.4 Å². The van der Waals surface area contributed by atoms with Crippen LogP contribution in [0.5, 0.6) is 0 Å². The lowest BCUT2D eigenvalue weighted by atomic mass is 10.1. The number of aryl methyl sites for hydroxylation is 1. The van der Waals surface area contributed by atoms with Gasteiger partial charge in [0.25, 0.3) is 0 Å². The second-order valence-corrected chi connectivity index (χ2v) is 4.56. The molecule has 1 heterocycles. The van der Waals surface area contributed by atoms with Gasteiger partial charge in [0, 0.05) is 13.0 Å². The molecule has 0 bridgehead atoms. The van der Waals surface area contributed by atoms with Gasteiger partial charge in [-0.05, 0) is 24.6 Å². The number of nitrogens with zero attached hydrogens (tertiary/aromatic N) is 2. The van der Waals surface area contributed by atoms with Crippen molar-refractivity contribution in [1.29, 1.82) is 5.26 Å². The summed E-state index contributed by atoms with van der Waals surface area (Å²) in [5.41, 5.74) is 2.22. The molecule has 0 radical (unpaired) electrons. The number of alkyl halides is 1. The van der Waals surface area contributed by atoms with Crippen LogP contribution in [0.2, 0.25) is 0 Å². The van der Waals surface area contributed by atoms with Crippen LogP contribution in [0.1, 0.15) is 17.5 Å². The minimum Gasteiger partial charge on any atom is -0.310 e. The fraction of sp³-hybridized carbons (Fsp3) is 0.333. The Balaban J connectivity index is 2.44. The minimum absolute atomic E-state index is 0.0119. The van der Waals surface area contributed by atoms with Gasteiger partial charge < -0.3 is 4.90 Å². The quantitative estimate of drug-likeness (QED) is 0.700. The van der Waals surface area contributed by atoms with Gasteiger partial charge in [0.15, 0.2) is 0 Å². The van der Waals surface area contributed by atoms with Crippen molar-refractivity contribution in [3.63, 3.8) is 0 Å². The van der Waals surface area contributed by atoms with E-state index >= 15 is 0 Å². The first kappa shape index (κ1) is 11.0. The Morgan fingerprint density at radius 2 is 2.31 bits per heavy atom. The molecule has 0 N–H and O–H groups in total. The molecule has 1 unspecified atom stereocenters. The van der Waals surface area contributed by atoms with Gasteiger partial charge >= 0.3 is 0 Å². The van der Waals surface area contributed by atoms with Gasteiger partial charge in [0.2, 0.25) is 5.91 Å². The maximum Gasteiger partial charge on any atom is 0.228 e. The highest BCUT2D eigenvalue weighted by atomic mass is 35.5. The molecule has 16 heavy (non-hydrogen) atoms. The van der Waals surface area contributed by atoms with Gasteiger partial charge in [-0.25, -0.2) is 0 Å². The van der Waals surface area contributed by atoms with Gasteiger partial charge in [0.05, 0.1) is 16.6 Å². The highest BCUT2D eigenvalue weighted by Gasteiger charge is 2.30. The Morgan fingerprint density at radius 1 is 1.56 bits per heavy atom. The molecule has 4 heteroatoms. The van der Waals surface area contributed by atoms with Crippen molar-refractivity contribution in [2.45, 2.75) is 18.7 Å². The van der Waals surface area contributed by atoms with Crippen molar-refractivity contribution >= 4 is 23.2 Å². The lowest BCUT2D eigenvalue weighted by Gasteiger charge is -2.17. The third-order valence-corrected chi connectivity index (χ3v) is 2.93. The molecule has 1 aromatic rings. The molecule has 82 valence electrons. The molecule has 0 aromatic heterocycles. The van der Waals surface area contributed by atoms with E-state index in [9.17, 15) is 4.79 Å². The predicted molar refractivity (Wildman–Crippen MR) is 62.5 cm³/mol. The average molecular weight is 235 g/mol. The molecule has 0 saturated carbocycles. The Morgan fingerprint density at radius 3 is 2.88 bits per heavy atom. The zero-order valence-electron chi connectivity index (χ0n) is 8.90. The summed E-state index contributed by atoms with van der Waals surface area (Å²) in [5.74, 6) is -0.0119. The van der Waals surface area contributed by atoms with E-state index in [0.717, 1.165) is 5.56 Å². The second kappa shape index (κ2) is 4.15. The average Bonchev–Trinajstić information content (AvgIpc) is 2.57. The van der Waals surface area contributed by atoms with E-state index in [1.54, 1.807) is 11.0 Å². The molecule has 0 aliphatic carbocycles. The standard InChI is InChI=1S/C12H11ClN2O/c1-8-2-3-9(6-14)11(4-8)15-7-10(13)5-12(15)16/h2-4,10H,5,7H2,1H3. The fourth-order valence-corrected chi connectivity index (χ4v) is 2.13. The van der Waals surface area contributed by atoms with Crippen molar-refractivity contribution in [1.82, 2.24) is 0 Å². The molecular weight excluding hydrogens is 224 g/mol. The van der Waals surface area contributed by atoms with E-state index < -0.39 is 0 Å². The van der Waals surface area contributed by atoms with Crippen LogP contribution < -0.4 is 4.90 Å². The number of rotatable bonds is 1. The van der Waals surface area contributed by atoms with E-state index in [0.29, 0.717) is 24.2 Å². The van der Waals surface area contributed by atoms with Gasteiger partial charge in [-0.2, -0.15) is 5.26 Å². The Hall–Kier alpha value is -1.53. The number of carbonyl (C=O) groups is 1. The van der Waals surface area contributed by atoms with Gasteiger partial charge in [0.1, 0.15) is 6.07 Å². The normalized spacial score (nSPS) is 19.9. The summed E-state index contributed by atoms with van der Waals surface area (Å²) in [4.78, 5) is 13.3. The van der Waals surface area contributed by atoms with Crippen LogP contribution in [0.4, 0.5) is 5.69 Å². The van der Waals surface area contributed by atoms with Crippen LogP contribution >= 0.6 is 11.6 Å². The summed E-state index contributed by atoms with van der Waals surface area (Å²) >= 11 is 5.94. The zero-order chi connectivity index (χ0) is 11.7. The van der Waals surface area contributed by atoms with Gasteiger partial charge in [-0.1, -0.05) is 6.07 Å². The summed E-state index contributed by atoms with van der Waals surface area (Å²) in [6.45, 7) is 2.42. The van der Waals surface area contributed by atoms with Crippen molar-refractivity contribution in [2.24, 2.45) is 0 Å². The molecule has 1 atom stereocenters. The molecule has 1 aromatic carbocycles. The monoisotopic (exact) mass is 234 g/mol. The number of nitriles is 1. The number of amides is 1. The minimum atomic E-state index is -0.153. The van der Waals surface area contributed by atoms with E-state index in [1.165, 1.54) is 0 Å². The molecule has 0 spiro atoms. The highest BCUT2D eigenvalue weighted by Crippen LogP contribution is 2.28. The first-order chi connectivity index (χ1) is 7.61.